The molecule has 1 fully saturated rings. The molecule has 1 heterocycles. The number of phenolic OH excluding ortho intramolecular Hbond substituents is 2. The van der Waals surface area contributed by atoms with Crippen LogP contribution in [0.25, 0.3) is 0 Å². The summed E-state index contributed by atoms with van der Waals surface area (Å²) in [7, 11) is 0. The predicted molar refractivity (Wildman–Crippen MR) is 106 cm³/mol. The van der Waals surface area contributed by atoms with Crippen molar-refractivity contribution < 1.29 is 38.5 Å². The third-order valence-corrected chi connectivity index (χ3v) is 5.94. The van der Waals surface area contributed by atoms with Crippen molar-refractivity contribution in [2.75, 3.05) is 0 Å². The Morgan fingerprint density at radius 2 is 2.07 bits per heavy atom. The molecule has 164 valence electrons. The molecule has 1 aromatic rings. The van der Waals surface area contributed by atoms with Gasteiger partial charge in [-0.15, -0.1) is 0 Å². The smallest absolute Gasteiger partial charge is 0.328 e. The highest BCUT2D eigenvalue weighted by Gasteiger charge is 2.53. The molecule has 2 amide bonds. The van der Waals surface area contributed by atoms with E-state index in [0.29, 0.717) is 5.56 Å². The summed E-state index contributed by atoms with van der Waals surface area (Å²) in [6.07, 6.45) is 1.16. The molecule has 0 aliphatic carbocycles. The number of phenols is 2. The van der Waals surface area contributed by atoms with Crippen molar-refractivity contribution in [3.63, 3.8) is 0 Å². The highest BCUT2D eigenvalue weighted by molar-refractivity contribution is 7.81. The van der Waals surface area contributed by atoms with Crippen LogP contribution in [0, 0.1) is 0 Å². The summed E-state index contributed by atoms with van der Waals surface area (Å²) in [5.74, 6) is -3.09. The molecule has 11 nitrogen and oxygen atoms in total. The third kappa shape index (κ3) is 4.94. The first-order chi connectivity index (χ1) is 14.0. The van der Waals surface area contributed by atoms with Crippen molar-refractivity contribution in [3.8, 4) is 11.5 Å². The van der Waals surface area contributed by atoms with Gasteiger partial charge in [-0.2, -0.15) is 5.10 Å². The number of aryl methyl sites for hydroxylation is 1. The number of benzene rings is 1. The minimum absolute atomic E-state index is 0.0511. The van der Waals surface area contributed by atoms with Gasteiger partial charge in [0.25, 0.3) is 0 Å². The minimum Gasteiger partial charge on any atom is -0.504 e. The first-order valence-electron chi connectivity index (χ1n) is 8.96. The number of hydrogen-bond donors (Lipinski definition) is 5. The Bertz CT molecular complexity index is 905. The Hall–Kier alpha value is -2.99. The number of carbonyl (C=O) groups excluding carboxylic acids is 2. The Balaban J connectivity index is 2.06. The van der Waals surface area contributed by atoms with Crippen LogP contribution >= 0.6 is 0 Å². The molecule has 0 radical (unpaired) electrons. The summed E-state index contributed by atoms with van der Waals surface area (Å²) in [5.41, 5.74) is 2.74. The molecule has 1 aliphatic heterocycles. The van der Waals surface area contributed by atoms with Crippen LogP contribution in [0.2, 0.25) is 0 Å². The van der Waals surface area contributed by atoms with Gasteiger partial charge in [-0.3, -0.25) is 9.59 Å². The largest absolute Gasteiger partial charge is 0.504 e. The maximum Gasteiger partial charge on any atom is 0.328 e. The fourth-order valence-electron chi connectivity index (χ4n) is 3.11. The van der Waals surface area contributed by atoms with Gasteiger partial charge in [-0.1, -0.05) is 6.07 Å². The van der Waals surface area contributed by atoms with E-state index in [0.717, 1.165) is 18.0 Å². The normalized spacial score (nSPS) is 20.3. The molecule has 5 N–H and O–H groups in total. The molecule has 1 aliphatic rings. The van der Waals surface area contributed by atoms with E-state index in [9.17, 15) is 38.5 Å². The average molecular weight is 441 g/mol. The van der Waals surface area contributed by atoms with E-state index in [4.69, 9.17) is 0 Å². The molecule has 1 unspecified atom stereocenters. The van der Waals surface area contributed by atoms with Crippen LogP contribution in [-0.4, -0.2) is 69.8 Å². The summed E-state index contributed by atoms with van der Waals surface area (Å²) < 4.78 is 19.7. The first-order valence-corrected chi connectivity index (χ1v) is 10.1. The van der Waals surface area contributed by atoms with Gasteiger partial charge in [-0.05, 0) is 38.0 Å². The molecular formula is C18H23N3O8S. The Morgan fingerprint density at radius 3 is 2.57 bits per heavy atom. The van der Waals surface area contributed by atoms with E-state index in [2.05, 4.69) is 10.5 Å². The Labute approximate surface area is 174 Å². The van der Waals surface area contributed by atoms with E-state index in [1.807, 2.05) is 0 Å². The lowest BCUT2D eigenvalue weighted by Gasteiger charge is -2.46. The van der Waals surface area contributed by atoms with Crippen LogP contribution in [0.5, 0.6) is 11.5 Å². The maximum absolute atomic E-state index is 12.0. The van der Waals surface area contributed by atoms with Crippen LogP contribution in [0.4, 0.5) is 0 Å². The van der Waals surface area contributed by atoms with Crippen LogP contribution < -0.4 is 5.43 Å². The highest BCUT2D eigenvalue weighted by atomic mass is 32.2. The topological polar surface area (TPSA) is 177 Å². The molecule has 1 saturated heterocycles. The van der Waals surface area contributed by atoms with E-state index in [1.165, 1.54) is 18.2 Å². The number of carboxylic acid groups (broad SMARTS) is 1. The fourth-order valence-corrected chi connectivity index (χ4v) is 3.66. The number of carboxylic acids is 1. The van der Waals surface area contributed by atoms with Gasteiger partial charge in [0.15, 0.2) is 28.6 Å². The minimum atomic E-state index is -2.72. The number of carbonyl (C=O) groups is 3. The molecule has 1 aromatic carbocycles. The zero-order valence-corrected chi connectivity index (χ0v) is 17.1. The van der Waals surface area contributed by atoms with Crippen LogP contribution in [0.1, 0.15) is 32.3 Å². The van der Waals surface area contributed by atoms with Crippen molar-refractivity contribution in [2.24, 2.45) is 5.10 Å². The van der Waals surface area contributed by atoms with Gasteiger partial charge in [0.1, 0.15) is 4.75 Å². The lowest BCUT2D eigenvalue weighted by atomic mass is 9.92. The maximum atomic E-state index is 12.0. The number of likely N-dealkylation sites (tertiary alicyclic amines) is 1. The number of nitrogens with one attached hydrogen (secondary N) is 1. The zero-order valence-electron chi connectivity index (χ0n) is 16.3. The summed E-state index contributed by atoms with van der Waals surface area (Å²) in [6.45, 7) is 2.78. The number of amides is 2. The van der Waals surface area contributed by atoms with Crippen molar-refractivity contribution >= 4 is 35.1 Å². The number of rotatable bonds is 9. The monoisotopic (exact) mass is 441 g/mol. The van der Waals surface area contributed by atoms with Gasteiger partial charge < -0.3 is 24.8 Å². The standard InChI is InChI=1S/C18H23N3O8S/c1-10-7-15(25)21(10)16(17(26)27)18(2,30(28)29)9-19-20-14(24)6-4-11-3-5-12(22)13(23)8-11/h3,5,8-10,16,22-23H,4,6-7H2,1-2H3,(H,20,24)(H,26,27)(H,28,29)/b19-9+/t10-,16+,18+/m1/s1. The quantitative estimate of drug-likeness (QED) is 0.118. The van der Waals surface area contributed by atoms with Crippen molar-refractivity contribution in [1.82, 2.24) is 10.3 Å². The Kier molecular flexibility index (Phi) is 7.16. The van der Waals surface area contributed by atoms with Gasteiger partial charge in [0.05, 0.1) is 0 Å². The molecule has 12 heteroatoms. The highest BCUT2D eigenvalue weighted by Crippen LogP contribution is 2.30. The second-order valence-electron chi connectivity index (χ2n) is 7.14. The molecule has 0 saturated carbocycles. The van der Waals surface area contributed by atoms with Crippen LogP contribution in [-0.2, 0) is 31.9 Å². The van der Waals surface area contributed by atoms with E-state index >= 15 is 0 Å². The van der Waals surface area contributed by atoms with Crippen molar-refractivity contribution in [3.05, 3.63) is 23.8 Å². The number of aromatic hydroxyl groups is 2. The molecule has 0 spiro atoms. The number of hydrogen-bond acceptors (Lipinski definition) is 7. The number of aliphatic carboxylic acids is 1. The third-order valence-electron chi connectivity index (χ3n) is 4.85. The van der Waals surface area contributed by atoms with Crippen LogP contribution in [0.3, 0.4) is 0 Å². The van der Waals surface area contributed by atoms with E-state index < -0.39 is 45.7 Å². The molecule has 4 atom stereocenters. The first kappa shape index (κ1) is 23.3. The molecule has 2 rings (SSSR count). The SMILES string of the molecule is C[C@@H]1CC(=O)N1[C@@H](C(=O)O)[C@](C)(/C=N/NC(=O)CCc1ccc(O)c(O)c1)S(=O)O. The molecule has 0 bridgehead atoms. The molecule has 30 heavy (non-hydrogen) atoms. The predicted octanol–water partition coefficient (Wildman–Crippen LogP) is 0.187. The van der Waals surface area contributed by atoms with Crippen molar-refractivity contribution in [2.45, 2.75) is 49.9 Å². The zero-order chi connectivity index (χ0) is 22.6. The summed E-state index contributed by atoms with van der Waals surface area (Å²) in [6, 6.07) is 2.07. The lowest BCUT2D eigenvalue weighted by Crippen LogP contribution is -2.67. The van der Waals surface area contributed by atoms with E-state index in [1.54, 1.807) is 6.92 Å². The number of β-lactam (4-membered cyclic amide) rings is 1. The summed E-state index contributed by atoms with van der Waals surface area (Å²) >= 11 is -2.72. The fraction of sp³-hybridized carbons (Fsp3) is 0.444. The number of hydrazone groups is 1. The van der Waals surface area contributed by atoms with E-state index in [-0.39, 0.29) is 30.8 Å². The average Bonchev–Trinajstić information content (AvgIpc) is 2.66. The summed E-state index contributed by atoms with van der Waals surface area (Å²) in [5, 5.41) is 31.9. The van der Waals surface area contributed by atoms with Gasteiger partial charge in [0.2, 0.25) is 11.8 Å². The second-order valence-corrected chi connectivity index (χ2v) is 8.52. The second kappa shape index (κ2) is 9.22. The number of nitrogens with zero attached hydrogens (tertiary/aromatic N) is 2. The lowest BCUT2D eigenvalue weighted by molar-refractivity contribution is -0.161. The van der Waals surface area contributed by atoms with Crippen LogP contribution in [0.15, 0.2) is 23.3 Å². The molecular weight excluding hydrogens is 418 g/mol. The van der Waals surface area contributed by atoms with Gasteiger partial charge >= 0.3 is 5.97 Å². The van der Waals surface area contributed by atoms with Gasteiger partial charge in [-0.25, -0.2) is 14.4 Å². The Morgan fingerprint density at radius 1 is 1.40 bits per heavy atom. The molecule has 0 aromatic heterocycles. The summed E-state index contributed by atoms with van der Waals surface area (Å²) in [4.78, 5) is 36.6. The van der Waals surface area contributed by atoms with Gasteiger partial charge in [0, 0.05) is 25.1 Å². The van der Waals surface area contributed by atoms with Crippen molar-refractivity contribution in [1.29, 1.82) is 0 Å².